The van der Waals surface area contributed by atoms with Crippen LogP contribution in [0.5, 0.6) is 0 Å². The van der Waals surface area contributed by atoms with Crippen molar-refractivity contribution in [2.45, 2.75) is 0 Å². The summed E-state index contributed by atoms with van der Waals surface area (Å²) in [5.74, 6) is -1.18. The van der Waals surface area contributed by atoms with E-state index in [2.05, 4.69) is 0 Å². The molecule has 2 aromatic carbocycles. The van der Waals surface area contributed by atoms with E-state index in [0.29, 0.717) is 5.56 Å². The summed E-state index contributed by atoms with van der Waals surface area (Å²) in [7, 11) is 0. The van der Waals surface area contributed by atoms with Crippen LogP contribution in [0.25, 0.3) is 21.2 Å². The van der Waals surface area contributed by atoms with Gasteiger partial charge in [0.25, 0.3) is 5.69 Å². The fourth-order valence-corrected chi connectivity index (χ4v) is 3.15. The van der Waals surface area contributed by atoms with Gasteiger partial charge in [0.2, 0.25) is 0 Å². The Balaban J connectivity index is 2.28. The minimum absolute atomic E-state index is 0.0900. The first-order chi connectivity index (χ1) is 10.1. The Hall–Kier alpha value is -2.73. The summed E-state index contributed by atoms with van der Waals surface area (Å²) in [6.45, 7) is 0. The van der Waals surface area contributed by atoms with E-state index in [1.54, 1.807) is 0 Å². The van der Waals surface area contributed by atoms with Gasteiger partial charge in [-0.2, -0.15) is 0 Å². The Morgan fingerprint density at radius 1 is 1.19 bits per heavy atom. The minimum atomic E-state index is -1.18. The van der Waals surface area contributed by atoms with Crippen LogP contribution in [-0.2, 0) is 0 Å². The number of thiophene rings is 1. The molecule has 0 fully saturated rings. The van der Waals surface area contributed by atoms with Crippen molar-refractivity contribution in [2.75, 3.05) is 0 Å². The second-order valence-electron chi connectivity index (χ2n) is 4.48. The molecule has 3 rings (SSSR count). The van der Waals surface area contributed by atoms with Crippen molar-refractivity contribution in [3.8, 4) is 11.1 Å². The molecule has 1 aromatic heterocycles. The van der Waals surface area contributed by atoms with Gasteiger partial charge in [0, 0.05) is 16.8 Å². The molecule has 0 unspecified atom stereocenters. The van der Waals surface area contributed by atoms with Crippen molar-refractivity contribution in [1.29, 1.82) is 0 Å². The standard InChI is InChI=1S/C15H9NO4S/c17-15(18)11-6-10(7-12(8-11)16(19)20)13-3-1-2-9-4-5-21-14(9)13/h1-8H,(H,17,18). The molecule has 0 bridgehead atoms. The Kier molecular flexibility index (Phi) is 3.15. The van der Waals surface area contributed by atoms with Gasteiger partial charge in [-0.25, -0.2) is 4.79 Å². The van der Waals surface area contributed by atoms with Gasteiger partial charge >= 0.3 is 5.97 Å². The highest BCUT2D eigenvalue weighted by Gasteiger charge is 2.16. The topological polar surface area (TPSA) is 80.4 Å². The molecule has 5 nitrogen and oxygen atoms in total. The summed E-state index contributed by atoms with van der Waals surface area (Å²) in [6, 6.07) is 11.5. The van der Waals surface area contributed by atoms with Crippen LogP contribution in [0.15, 0.2) is 47.8 Å². The Bertz CT molecular complexity index is 837. The number of rotatable bonds is 3. The summed E-state index contributed by atoms with van der Waals surface area (Å²) in [5, 5.41) is 23.1. The summed E-state index contributed by atoms with van der Waals surface area (Å²) in [4.78, 5) is 21.6. The number of carboxylic acid groups (broad SMARTS) is 1. The summed E-state index contributed by atoms with van der Waals surface area (Å²) >= 11 is 1.52. The molecule has 0 spiro atoms. The van der Waals surface area contributed by atoms with E-state index in [4.69, 9.17) is 5.11 Å². The molecule has 0 aliphatic heterocycles. The molecule has 21 heavy (non-hydrogen) atoms. The fraction of sp³-hybridized carbons (Fsp3) is 0. The van der Waals surface area contributed by atoms with Crippen LogP contribution in [0.3, 0.4) is 0 Å². The molecule has 0 aliphatic carbocycles. The molecular formula is C15H9NO4S. The van der Waals surface area contributed by atoms with E-state index in [1.807, 2.05) is 29.6 Å². The highest BCUT2D eigenvalue weighted by Crippen LogP contribution is 2.34. The van der Waals surface area contributed by atoms with E-state index in [1.165, 1.54) is 23.5 Å². The van der Waals surface area contributed by atoms with Crippen molar-refractivity contribution in [1.82, 2.24) is 0 Å². The Labute approximate surface area is 123 Å². The average Bonchev–Trinajstić information content (AvgIpc) is 2.94. The van der Waals surface area contributed by atoms with Gasteiger partial charge in [-0.3, -0.25) is 10.1 Å². The van der Waals surface area contributed by atoms with Crippen LogP contribution in [0.2, 0.25) is 0 Å². The van der Waals surface area contributed by atoms with Gasteiger partial charge in [-0.15, -0.1) is 11.3 Å². The third-order valence-electron chi connectivity index (χ3n) is 3.17. The summed E-state index contributed by atoms with van der Waals surface area (Å²) < 4.78 is 0.981. The molecule has 1 heterocycles. The molecule has 0 saturated heterocycles. The number of non-ortho nitro benzene ring substituents is 1. The highest BCUT2D eigenvalue weighted by molar-refractivity contribution is 7.17. The lowest BCUT2D eigenvalue weighted by molar-refractivity contribution is -0.384. The number of aromatic carboxylic acids is 1. The lowest BCUT2D eigenvalue weighted by atomic mass is 10.0. The maximum Gasteiger partial charge on any atom is 0.335 e. The Morgan fingerprint density at radius 3 is 2.71 bits per heavy atom. The molecule has 3 aromatic rings. The van der Waals surface area contributed by atoms with Gasteiger partial charge in [-0.1, -0.05) is 18.2 Å². The molecule has 104 valence electrons. The monoisotopic (exact) mass is 299 g/mol. The van der Waals surface area contributed by atoms with Gasteiger partial charge in [0.15, 0.2) is 0 Å². The molecular weight excluding hydrogens is 290 g/mol. The van der Waals surface area contributed by atoms with Gasteiger partial charge in [0.05, 0.1) is 10.5 Å². The fourth-order valence-electron chi connectivity index (χ4n) is 2.22. The average molecular weight is 299 g/mol. The lowest BCUT2D eigenvalue weighted by Crippen LogP contribution is -1.99. The number of carboxylic acids is 1. The second kappa shape index (κ2) is 4.99. The predicted molar refractivity (Wildman–Crippen MR) is 80.9 cm³/mol. The second-order valence-corrected chi connectivity index (χ2v) is 5.39. The van der Waals surface area contributed by atoms with Crippen LogP contribution in [0.4, 0.5) is 5.69 Å². The maximum atomic E-state index is 11.2. The molecule has 0 amide bonds. The first kappa shape index (κ1) is 13.3. The number of carbonyl (C=O) groups is 1. The van der Waals surface area contributed by atoms with E-state index in [-0.39, 0.29) is 11.3 Å². The number of fused-ring (bicyclic) bond motifs is 1. The number of hydrogen-bond acceptors (Lipinski definition) is 4. The number of hydrogen-bond donors (Lipinski definition) is 1. The zero-order chi connectivity index (χ0) is 15.0. The summed E-state index contributed by atoms with van der Waals surface area (Å²) in [5.41, 5.74) is 1.02. The van der Waals surface area contributed by atoms with Crippen molar-refractivity contribution < 1.29 is 14.8 Å². The first-order valence-corrected chi connectivity index (χ1v) is 6.93. The van der Waals surface area contributed by atoms with Gasteiger partial charge < -0.3 is 5.11 Å². The molecule has 0 atom stereocenters. The minimum Gasteiger partial charge on any atom is -0.478 e. The maximum absolute atomic E-state index is 11.2. The SMILES string of the molecule is O=C(O)c1cc(-c2cccc3ccsc23)cc([N+](=O)[O-])c1. The van der Waals surface area contributed by atoms with E-state index < -0.39 is 10.9 Å². The van der Waals surface area contributed by atoms with Crippen LogP contribution in [0.1, 0.15) is 10.4 Å². The summed E-state index contributed by atoms with van der Waals surface area (Å²) in [6.07, 6.45) is 0. The smallest absolute Gasteiger partial charge is 0.335 e. The molecule has 6 heteroatoms. The van der Waals surface area contributed by atoms with E-state index in [0.717, 1.165) is 21.7 Å². The van der Waals surface area contributed by atoms with Gasteiger partial charge in [0.1, 0.15) is 0 Å². The van der Waals surface area contributed by atoms with Crippen molar-refractivity contribution in [3.63, 3.8) is 0 Å². The third-order valence-corrected chi connectivity index (χ3v) is 4.13. The Morgan fingerprint density at radius 2 is 2.00 bits per heavy atom. The lowest BCUT2D eigenvalue weighted by Gasteiger charge is -2.05. The van der Waals surface area contributed by atoms with Gasteiger partial charge in [-0.05, 0) is 34.0 Å². The quantitative estimate of drug-likeness (QED) is 0.581. The van der Waals surface area contributed by atoms with Crippen molar-refractivity contribution >= 4 is 33.1 Å². The van der Waals surface area contributed by atoms with Crippen LogP contribution in [-0.4, -0.2) is 16.0 Å². The number of benzene rings is 2. The largest absolute Gasteiger partial charge is 0.478 e. The number of nitrogens with zero attached hydrogens (tertiary/aromatic N) is 1. The van der Waals surface area contributed by atoms with E-state index >= 15 is 0 Å². The third kappa shape index (κ3) is 2.36. The van der Waals surface area contributed by atoms with Crippen LogP contribution < -0.4 is 0 Å². The zero-order valence-electron chi connectivity index (χ0n) is 10.6. The predicted octanol–water partition coefficient (Wildman–Crippen LogP) is 4.17. The molecule has 0 radical (unpaired) electrons. The molecule has 1 N–H and O–H groups in total. The van der Waals surface area contributed by atoms with E-state index in [9.17, 15) is 14.9 Å². The first-order valence-electron chi connectivity index (χ1n) is 6.05. The molecule has 0 aliphatic rings. The number of nitro groups is 1. The van der Waals surface area contributed by atoms with Crippen LogP contribution >= 0.6 is 11.3 Å². The highest BCUT2D eigenvalue weighted by atomic mass is 32.1. The zero-order valence-corrected chi connectivity index (χ0v) is 11.5. The number of nitro benzene ring substituents is 1. The molecule has 0 saturated carbocycles. The normalized spacial score (nSPS) is 10.7. The van der Waals surface area contributed by atoms with Crippen molar-refractivity contribution in [3.05, 3.63) is 63.5 Å². The van der Waals surface area contributed by atoms with Crippen molar-refractivity contribution in [2.24, 2.45) is 0 Å². The van der Waals surface area contributed by atoms with Crippen LogP contribution in [0, 0.1) is 10.1 Å².